The van der Waals surface area contributed by atoms with Crippen molar-refractivity contribution in [2.45, 2.75) is 38.2 Å². The molecule has 1 aliphatic rings. The highest BCUT2D eigenvalue weighted by molar-refractivity contribution is 6.44. The van der Waals surface area contributed by atoms with Crippen LogP contribution in [0.15, 0.2) is 42.5 Å². The highest BCUT2D eigenvalue weighted by atomic mass is 35.5. The van der Waals surface area contributed by atoms with Gasteiger partial charge in [-0.3, -0.25) is 4.79 Å². The molecular formula is C20H19ClFNO3. The Labute approximate surface area is 156 Å². The highest BCUT2D eigenvalue weighted by Crippen LogP contribution is 2.49. The molecule has 1 aliphatic heterocycles. The van der Waals surface area contributed by atoms with E-state index in [1.54, 1.807) is 39.0 Å². The first-order valence-corrected chi connectivity index (χ1v) is 8.55. The molecule has 2 aromatic carbocycles. The van der Waals surface area contributed by atoms with Crippen LogP contribution in [0.25, 0.3) is 0 Å². The van der Waals surface area contributed by atoms with E-state index in [0.29, 0.717) is 16.8 Å². The number of carbonyl (C=O) groups is 2. The van der Waals surface area contributed by atoms with Gasteiger partial charge in [-0.25, -0.2) is 14.1 Å². The minimum absolute atomic E-state index is 0.370. The van der Waals surface area contributed by atoms with Crippen molar-refractivity contribution < 1.29 is 18.7 Å². The predicted molar refractivity (Wildman–Crippen MR) is 97.9 cm³/mol. The van der Waals surface area contributed by atoms with Crippen LogP contribution in [0.1, 0.15) is 37.5 Å². The summed E-state index contributed by atoms with van der Waals surface area (Å²) < 4.78 is 18.7. The van der Waals surface area contributed by atoms with Crippen molar-refractivity contribution in [3.8, 4) is 0 Å². The molecule has 1 atom stereocenters. The Hall–Kier alpha value is -2.40. The van der Waals surface area contributed by atoms with Crippen LogP contribution in [0.5, 0.6) is 0 Å². The second kappa shape index (κ2) is 6.09. The Balaban J connectivity index is 2.16. The third-order valence-electron chi connectivity index (χ3n) is 4.08. The molecule has 4 nitrogen and oxygen atoms in total. The molecule has 0 N–H and O–H groups in total. The summed E-state index contributed by atoms with van der Waals surface area (Å²) in [5, 5.41) is 0. The number of alkyl halides is 1. The number of imide groups is 1. The van der Waals surface area contributed by atoms with Crippen molar-refractivity contribution in [1.29, 1.82) is 0 Å². The van der Waals surface area contributed by atoms with Crippen LogP contribution >= 0.6 is 11.6 Å². The van der Waals surface area contributed by atoms with Crippen LogP contribution in [0, 0.1) is 12.7 Å². The monoisotopic (exact) mass is 375 g/mol. The minimum Gasteiger partial charge on any atom is -0.443 e. The van der Waals surface area contributed by atoms with E-state index in [2.05, 4.69) is 0 Å². The van der Waals surface area contributed by atoms with Gasteiger partial charge in [-0.05, 0) is 51.5 Å². The lowest BCUT2D eigenvalue weighted by atomic mass is 9.90. The maximum Gasteiger partial charge on any atom is 0.421 e. The van der Waals surface area contributed by atoms with Gasteiger partial charge in [0.15, 0.2) is 4.87 Å². The number of aryl methyl sites for hydroxylation is 1. The van der Waals surface area contributed by atoms with E-state index in [0.717, 1.165) is 10.5 Å². The molecule has 2 amide bonds. The lowest BCUT2D eigenvalue weighted by Crippen LogP contribution is -2.43. The molecule has 0 radical (unpaired) electrons. The molecule has 0 saturated carbocycles. The second-order valence-electron chi connectivity index (χ2n) is 7.31. The topological polar surface area (TPSA) is 46.6 Å². The molecule has 1 heterocycles. The molecule has 0 fully saturated rings. The molecule has 0 spiro atoms. The lowest BCUT2D eigenvalue weighted by molar-refractivity contribution is -0.119. The van der Waals surface area contributed by atoms with Crippen molar-refractivity contribution in [3.63, 3.8) is 0 Å². The standard InChI is InChI=1S/C20H19ClFNO3/c1-12-5-10-16-15(11-12)20(21,13-6-8-14(22)9-7-13)17(24)23(16)18(25)26-19(2,3)4/h5-11H,1-4H3. The van der Waals surface area contributed by atoms with Gasteiger partial charge in [-0.2, -0.15) is 0 Å². The largest absolute Gasteiger partial charge is 0.443 e. The van der Waals surface area contributed by atoms with Crippen molar-refractivity contribution in [2.75, 3.05) is 4.90 Å². The molecule has 1 unspecified atom stereocenters. The van der Waals surface area contributed by atoms with Gasteiger partial charge in [-0.15, -0.1) is 0 Å². The fourth-order valence-corrected chi connectivity index (χ4v) is 3.31. The van der Waals surface area contributed by atoms with Gasteiger partial charge in [0.25, 0.3) is 5.91 Å². The van der Waals surface area contributed by atoms with Gasteiger partial charge < -0.3 is 4.74 Å². The number of hydrogen-bond donors (Lipinski definition) is 0. The number of hydrogen-bond acceptors (Lipinski definition) is 3. The molecule has 6 heteroatoms. The van der Waals surface area contributed by atoms with Gasteiger partial charge in [0.2, 0.25) is 0 Å². The number of anilines is 1. The molecule has 0 aliphatic carbocycles. The fourth-order valence-electron chi connectivity index (χ4n) is 2.95. The van der Waals surface area contributed by atoms with E-state index in [1.807, 2.05) is 6.92 Å². The van der Waals surface area contributed by atoms with Crippen molar-refractivity contribution in [2.24, 2.45) is 0 Å². The average molecular weight is 376 g/mol. The number of rotatable bonds is 1. The number of fused-ring (bicyclic) bond motifs is 1. The van der Waals surface area contributed by atoms with Crippen LogP contribution in [0.3, 0.4) is 0 Å². The van der Waals surface area contributed by atoms with Gasteiger partial charge in [0, 0.05) is 5.56 Å². The van der Waals surface area contributed by atoms with Gasteiger partial charge >= 0.3 is 6.09 Å². The van der Waals surface area contributed by atoms with Gasteiger partial charge in [0.05, 0.1) is 5.69 Å². The Morgan fingerprint density at radius 3 is 2.35 bits per heavy atom. The first kappa shape index (κ1) is 18.4. The Bertz CT molecular complexity index is 889. The third kappa shape index (κ3) is 2.97. The Morgan fingerprint density at radius 2 is 1.77 bits per heavy atom. The zero-order valence-corrected chi connectivity index (χ0v) is 15.7. The van der Waals surface area contributed by atoms with Crippen molar-refractivity contribution in [1.82, 2.24) is 0 Å². The number of halogens is 2. The summed E-state index contributed by atoms with van der Waals surface area (Å²) in [7, 11) is 0. The summed E-state index contributed by atoms with van der Waals surface area (Å²) in [6.07, 6.45) is -0.794. The van der Waals surface area contributed by atoms with E-state index >= 15 is 0 Å². The van der Waals surface area contributed by atoms with Crippen molar-refractivity contribution >= 4 is 29.3 Å². The van der Waals surface area contributed by atoms with E-state index in [4.69, 9.17) is 16.3 Å². The molecule has 0 aromatic heterocycles. The third-order valence-corrected chi connectivity index (χ3v) is 4.66. The number of amides is 2. The van der Waals surface area contributed by atoms with Crippen LogP contribution in [-0.4, -0.2) is 17.6 Å². The Morgan fingerprint density at radius 1 is 1.15 bits per heavy atom. The van der Waals surface area contributed by atoms with Crippen LogP contribution in [0.4, 0.5) is 14.9 Å². The summed E-state index contributed by atoms with van der Waals surface area (Å²) in [4.78, 5) is 25.2. The lowest BCUT2D eigenvalue weighted by Gasteiger charge is -2.25. The number of benzene rings is 2. The molecule has 136 valence electrons. The smallest absolute Gasteiger partial charge is 0.421 e. The minimum atomic E-state index is -1.62. The van der Waals surface area contributed by atoms with E-state index < -0.39 is 28.3 Å². The number of nitrogens with zero attached hydrogens (tertiary/aromatic N) is 1. The normalized spacial score (nSPS) is 19.5. The van der Waals surface area contributed by atoms with E-state index in [-0.39, 0.29) is 0 Å². The summed E-state index contributed by atoms with van der Waals surface area (Å²) >= 11 is 6.79. The van der Waals surface area contributed by atoms with Crippen LogP contribution < -0.4 is 4.90 Å². The SMILES string of the molecule is Cc1ccc2c(c1)C(Cl)(c1ccc(F)cc1)C(=O)N2C(=O)OC(C)(C)C. The number of carbonyl (C=O) groups excluding carboxylic acids is 2. The molecule has 3 rings (SSSR count). The zero-order valence-electron chi connectivity index (χ0n) is 15.0. The van der Waals surface area contributed by atoms with Gasteiger partial charge in [0.1, 0.15) is 11.4 Å². The van der Waals surface area contributed by atoms with E-state index in [9.17, 15) is 14.0 Å². The summed E-state index contributed by atoms with van der Waals surface area (Å²) in [5.41, 5.74) is 1.35. The van der Waals surface area contributed by atoms with Crippen LogP contribution in [-0.2, 0) is 14.4 Å². The summed E-state index contributed by atoms with van der Waals surface area (Å²) in [6.45, 7) is 7.02. The van der Waals surface area contributed by atoms with Crippen LogP contribution in [0.2, 0.25) is 0 Å². The molecule has 0 bridgehead atoms. The maximum atomic E-state index is 13.3. The molecular weight excluding hydrogens is 357 g/mol. The van der Waals surface area contributed by atoms with Crippen molar-refractivity contribution in [3.05, 3.63) is 65.0 Å². The summed E-state index contributed by atoms with van der Waals surface area (Å²) in [5.74, 6) is -1.08. The number of ether oxygens (including phenoxy) is 1. The highest BCUT2D eigenvalue weighted by Gasteiger charge is 2.54. The zero-order chi connectivity index (χ0) is 19.3. The first-order valence-electron chi connectivity index (χ1n) is 8.17. The summed E-state index contributed by atoms with van der Waals surface area (Å²) in [6, 6.07) is 10.6. The first-order chi connectivity index (χ1) is 12.0. The molecule has 2 aromatic rings. The Kier molecular flexibility index (Phi) is 4.31. The molecule has 26 heavy (non-hydrogen) atoms. The second-order valence-corrected chi connectivity index (χ2v) is 7.87. The van der Waals surface area contributed by atoms with Gasteiger partial charge in [-0.1, -0.05) is 41.4 Å². The fraction of sp³-hybridized carbons (Fsp3) is 0.300. The quantitative estimate of drug-likeness (QED) is 0.666. The van der Waals surface area contributed by atoms with E-state index in [1.165, 1.54) is 24.3 Å². The molecule has 0 saturated heterocycles. The predicted octanol–water partition coefficient (Wildman–Crippen LogP) is 4.90. The average Bonchev–Trinajstić information content (AvgIpc) is 2.75. The maximum absolute atomic E-state index is 13.3.